The fourth-order valence-electron chi connectivity index (χ4n) is 0.970. The van der Waals surface area contributed by atoms with E-state index in [1.807, 2.05) is 0 Å². The van der Waals surface area contributed by atoms with Gasteiger partial charge in [-0.25, -0.2) is 4.42 Å². The van der Waals surface area contributed by atoms with Crippen LogP contribution in [-0.2, 0) is 9.22 Å². The fourth-order valence-corrected chi connectivity index (χ4v) is 0.970. The third-order valence-electron chi connectivity index (χ3n) is 1.66. The van der Waals surface area contributed by atoms with Gasteiger partial charge in [-0.15, -0.1) is 0 Å². The SMILES string of the molecule is CC(=O)[O+]=C=C1C=CC(C(F)(F)F)=CC1. The summed E-state index contributed by atoms with van der Waals surface area (Å²) in [6.45, 7) is 1.19. The first-order chi connectivity index (χ1) is 6.89. The summed E-state index contributed by atoms with van der Waals surface area (Å²) in [6, 6.07) is 0. The van der Waals surface area contributed by atoms with Gasteiger partial charge < -0.3 is 0 Å². The maximum Gasteiger partial charge on any atom is 0.586 e. The van der Waals surface area contributed by atoms with Gasteiger partial charge in [-0.2, -0.15) is 13.2 Å². The molecule has 1 aliphatic carbocycles. The Labute approximate surface area is 84.1 Å². The summed E-state index contributed by atoms with van der Waals surface area (Å²) in [6.07, 6.45) is -1.10. The van der Waals surface area contributed by atoms with Gasteiger partial charge in [0.05, 0.1) is 11.1 Å². The number of rotatable bonds is 0. The molecule has 5 heteroatoms. The first-order valence-corrected chi connectivity index (χ1v) is 4.14. The minimum atomic E-state index is -4.33. The average Bonchev–Trinajstić information content (AvgIpc) is 2.14. The van der Waals surface area contributed by atoms with E-state index in [1.54, 1.807) is 0 Å². The number of hydrogen-bond acceptors (Lipinski definition) is 1. The average molecular weight is 217 g/mol. The Morgan fingerprint density at radius 3 is 2.53 bits per heavy atom. The van der Waals surface area contributed by atoms with E-state index < -0.39 is 17.7 Å². The monoisotopic (exact) mass is 217 g/mol. The molecular formula is C10H8F3O2+. The van der Waals surface area contributed by atoms with Crippen molar-refractivity contribution < 1.29 is 22.4 Å². The Hall–Kier alpha value is -1.61. The summed E-state index contributed by atoms with van der Waals surface area (Å²) in [5, 5.41) is 0. The van der Waals surface area contributed by atoms with E-state index in [4.69, 9.17) is 0 Å². The Bertz CT molecular complexity index is 393. The van der Waals surface area contributed by atoms with Gasteiger partial charge in [0.15, 0.2) is 0 Å². The van der Waals surface area contributed by atoms with Crippen molar-refractivity contribution in [3.63, 3.8) is 0 Å². The van der Waals surface area contributed by atoms with Crippen LogP contribution in [0.2, 0.25) is 0 Å². The summed E-state index contributed by atoms with van der Waals surface area (Å²) in [7, 11) is 0. The molecule has 0 saturated carbocycles. The van der Waals surface area contributed by atoms with Crippen molar-refractivity contribution in [1.29, 1.82) is 0 Å². The first kappa shape index (κ1) is 11.5. The highest BCUT2D eigenvalue weighted by molar-refractivity contribution is 5.71. The zero-order valence-corrected chi connectivity index (χ0v) is 7.89. The van der Waals surface area contributed by atoms with Crippen LogP contribution in [0.3, 0.4) is 0 Å². The molecule has 1 aliphatic rings. The molecule has 0 fully saturated rings. The van der Waals surface area contributed by atoms with Crippen LogP contribution in [-0.4, -0.2) is 18.1 Å². The first-order valence-electron chi connectivity index (χ1n) is 4.14. The summed E-state index contributed by atoms with van der Waals surface area (Å²) in [4.78, 5) is 10.4. The minimum Gasteiger partial charge on any atom is -0.220 e. The molecule has 0 amide bonds. The van der Waals surface area contributed by atoms with Gasteiger partial charge in [0.1, 0.15) is 6.92 Å². The Balaban J connectivity index is 2.81. The summed E-state index contributed by atoms with van der Waals surface area (Å²) < 4.78 is 40.9. The molecular weight excluding hydrogens is 209 g/mol. The van der Waals surface area contributed by atoms with Crippen molar-refractivity contribution in [2.75, 3.05) is 0 Å². The highest BCUT2D eigenvalue weighted by atomic mass is 19.4. The lowest BCUT2D eigenvalue weighted by Crippen LogP contribution is -2.11. The molecule has 15 heavy (non-hydrogen) atoms. The van der Waals surface area contributed by atoms with Crippen LogP contribution >= 0.6 is 0 Å². The Morgan fingerprint density at radius 1 is 1.47 bits per heavy atom. The lowest BCUT2D eigenvalue weighted by atomic mass is 10.0. The number of alkyl halides is 3. The molecule has 0 aromatic heterocycles. The molecule has 0 heterocycles. The molecule has 80 valence electrons. The number of carbonyl (C=O) groups excluding carboxylic acids is 2. The maximum atomic E-state index is 12.1. The van der Waals surface area contributed by atoms with Crippen molar-refractivity contribution >= 4 is 11.9 Å². The molecule has 2 nitrogen and oxygen atoms in total. The van der Waals surface area contributed by atoms with Gasteiger partial charge in [0, 0.05) is 11.2 Å². The number of carbonyl (C=O) groups is 1. The highest BCUT2D eigenvalue weighted by Crippen LogP contribution is 2.29. The molecule has 0 aromatic carbocycles. The van der Waals surface area contributed by atoms with Crippen LogP contribution < -0.4 is 0 Å². The largest absolute Gasteiger partial charge is 0.586 e. The van der Waals surface area contributed by atoms with Crippen molar-refractivity contribution in [2.45, 2.75) is 19.5 Å². The molecule has 1 rings (SSSR count). The molecule has 0 N–H and O–H groups in total. The zero-order chi connectivity index (χ0) is 11.5. The van der Waals surface area contributed by atoms with E-state index in [-0.39, 0.29) is 6.42 Å². The van der Waals surface area contributed by atoms with Crippen LogP contribution in [0.4, 0.5) is 13.2 Å². The van der Waals surface area contributed by atoms with Gasteiger partial charge in [-0.05, 0) is 12.2 Å². The topological polar surface area (TPSA) is 28.4 Å². The fraction of sp³-hybridized carbons (Fsp3) is 0.300. The van der Waals surface area contributed by atoms with E-state index in [0.29, 0.717) is 5.57 Å². The highest BCUT2D eigenvalue weighted by Gasteiger charge is 2.32. The lowest BCUT2D eigenvalue weighted by molar-refractivity contribution is -0.146. The predicted molar refractivity (Wildman–Crippen MR) is 47.8 cm³/mol. The van der Waals surface area contributed by atoms with E-state index in [2.05, 4.69) is 10.4 Å². The molecule has 0 aromatic rings. The van der Waals surface area contributed by atoms with Crippen molar-refractivity contribution in [3.8, 4) is 0 Å². The number of halogens is 3. The second-order valence-electron chi connectivity index (χ2n) is 2.92. The van der Waals surface area contributed by atoms with Crippen molar-refractivity contribution in [3.05, 3.63) is 29.4 Å². The van der Waals surface area contributed by atoms with Gasteiger partial charge in [-0.3, -0.25) is 0 Å². The standard InChI is InChI=1S/C10H8F3O2/c1-7(14)15-6-8-2-4-9(5-3-8)10(11,12)13/h2,4-5H,3H2,1H3/q+1. The summed E-state index contributed by atoms with van der Waals surface area (Å²) >= 11 is 0. The molecule has 0 radical (unpaired) electrons. The van der Waals surface area contributed by atoms with Crippen LogP contribution in [0.5, 0.6) is 0 Å². The quantitative estimate of drug-likeness (QED) is 0.452. The van der Waals surface area contributed by atoms with Crippen molar-refractivity contribution in [1.82, 2.24) is 0 Å². The Kier molecular flexibility index (Phi) is 3.27. The molecule has 0 atom stereocenters. The van der Waals surface area contributed by atoms with Gasteiger partial charge in [-0.1, -0.05) is 6.08 Å². The number of allylic oxidation sites excluding steroid dienone is 5. The van der Waals surface area contributed by atoms with Gasteiger partial charge >= 0.3 is 12.1 Å². The molecule has 0 saturated heterocycles. The normalized spacial score (nSPS) is 15.7. The van der Waals surface area contributed by atoms with Gasteiger partial charge in [0.2, 0.25) is 5.94 Å². The Morgan fingerprint density at radius 2 is 2.13 bits per heavy atom. The van der Waals surface area contributed by atoms with Gasteiger partial charge in [0.25, 0.3) is 0 Å². The summed E-state index contributed by atoms with van der Waals surface area (Å²) in [5.74, 6) is 1.71. The third kappa shape index (κ3) is 3.56. The lowest BCUT2D eigenvalue weighted by Gasteiger charge is -2.09. The zero-order valence-electron chi connectivity index (χ0n) is 7.89. The van der Waals surface area contributed by atoms with E-state index >= 15 is 0 Å². The molecule has 0 aliphatic heterocycles. The second kappa shape index (κ2) is 4.28. The van der Waals surface area contributed by atoms with E-state index in [9.17, 15) is 18.0 Å². The summed E-state index contributed by atoms with van der Waals surface area (Å²) in [5.41, 5.74) is -0.297. The maximum absolute atomic E-state index is 12.1. The predicted octanol–water partition coefficient (Wildman–Crippen LogP) is 2.28. The molecule has 0 spiro atoms. The second-order valence-corrected chi connectivity index (χ2v) is 2.92. The van der Waals surface area contributed by atoms with Crippen LogP contribution in [0.15, 0.2) is 29.4 Å². The third-order valence-corrected chi connectivity index (χ3v) is 1.66. The number of hydrogen-bond donors (Lipinski definition) is 0. The molecule has 0 bridgehead atoms. The molecule has 0 unspecified atom stereocenters. The smallest absolute Gasteiger partial charge is 0.220 e. The van der Waals surface area contributed by atoms with E-state index in [1.165, 1.54) is 13.0 Å². The van der Waals surface area contributed by atoms with Crippen LogP contribution in [0.25, 0.3) is 0 Å². The minimum absolute atomic E-state index is 0.0542. The van der Waals surface area contributed by atoms with Crippen LogP contribution in [0.1, 0.15) is 13.3 Å². The van der Waals surface area contributed by atoms with Crippen LogP contribution in [0, 0.1) is 0 Å². The van der Waals surface area contributed by atoms with Crippen molar-refractivity contribution in [2.24, 2.45) is 0 Å². The van der Waals surface area contributed by atoms with E-state index in [0.717, 1.165) is 12.2 Å².